The molecule has 0 heterocycles. The summed E-state index contributed by atoms with van der Waals surface area (Å²) in [6.45, 7) is 3.99. The fourth-order valence-corrected chi connectivity index (χ4v) is 4.12. The Morgan fingerprint density at radius 3 is 2.30 bits per heavy atom. The highest BCUT2D eigenvalue weighted by Gasteiger charge is 2.30. The van der Waals surface area contributed by atoms with Crippen LogP contribution in [0.25, 0.3) is 0 Å². The standard InChI is InChI=1S/C28H30BrN3O5/c1-18(2)25(27(33)31-21-10-12-22(35-3)13-11-21)28(34)32-30-16-20-14-23(29)26(24(15-20)36-4)37-17-19-8-6-5-7-9-19/h5-16,18,25H,17H2,1-4H3,(H,31,33)(H,32,34). The minimum absolute atomic E-state index is 0.247. The minimum Gasteiger partial charge on any atom is -0.497 e. The molecule has 3 aromatic carbocycles. The molecule has 0 aliphatic carbocycles. The molecule has 0 aliphatic heterocycles. The molecule has 2 amide bonds. The van der Waals surface area contributed by atoms with Crippen molar-refractivity contribution in [2.24, 2.45) is 16.9 Å². The van der Waals surface area contributed by atoms with Gasteiger partial charge >= 0.3 is 0 Å². The molecule has 9 heteroatoms. The molecule has 3 aromatic rings. The molecular weight excluding hydrogens is 538 g/mol. The van der Waals surface area contributed by atoms with E-state index in [4.69, 9.17) is 14.2 Å². The SMILES string of the molecule is COc1ccc(NC(=O)C(C(=O)NN=Cc2cc(Br)c(OCc3ccccc3)c(OC)c2)C(C)C)cc1. The van der Waals surface area contributed by atoms with Gasteiger partial charge in [-0.1, -0.05) is 44.2 Å². The van der Waals surface area contributed by atoms with Crippen LogP contribution >= 0.6 is 15.9 Å². The van der Waals surface area contributed by atoms with Crippen molar-refractivity contribution >= 4 is 39.6 Å². The summed E-state index contributed by atoms with van der Waals surface area (Å²) in [7, 11) is 3.12. The van der Waals surface area contributed by atoms with Crippen molar-refractivity contribution < 1.29 is 23.8 Å². The Hall–Kier alpha value is -3.85. The molecule has 0 aromatic heterocycles. The Labute approximate surface area is 225 Å². The molecule has 1 unspecified atom stereocenters. The van der Waals surface area contributed by atoms with Crippen molar-refractivity contribution in [1.29, 1.82) is 0 Å². The van der Waals surface area contributed by atoms with Crippen molar-refractivity contribution in [3.63, 3.8) is 0 Å². The van der Waals surface area contributed by atoms with E-state index in [1.54, 1.807) is 64.5 Å². The molecule has 0 saturated carbocycles. The van der Waals surface area contributed by atoms with E-state index in [0.29, 0.717) is 39.6 Å². The number of rotatable bonds is 11. The van der Waals surface area contributed by atoms with Crippen LogP contribution in [0, 0.1) is 11.8 Å². The average Bonchev–Trinajstić information content (AvgIpc) is 2.88. The number of hydrogen-bond donors (Lipinski definition) is 2. The number of amides is 2. The molecule has 1 atom stereocenters. The molecule has 0 fully saturated rings. The maximum Gasteiger partial charge on any atom is 0.252 e. The number of carbonyl (C=O) groups is 2. The third kappa shape index (κ3) is 7.82. The fourth-order valence-electron chi connectivity index (χ4n) is 3.54. The Bertz CT molecular complexity index is 1230. The lowest BCUT2D eigenvalue weighted by atomic mass is 9.94. The van der Waals surface area contributed by atoms with Crippen LogP contribution in [0.2, 0.25) is 0 Å². The predicted molar refractivity (Wildman–Crippen MR) is 147 cm³/mol. The van der Waals surface area contributed by atoms with Crippen molar-refractivity contribution in [1.82, 2.24) is 5.43 Å². The van der Waals surface area contributed by atoms with Gasteiger partial charge in [0.1, 0.15) is 18.3 Å². The number of nitrogens with one attached hydrogen (secondary N) is 2. The van der Waals surface area contributed by atoms with Gasteiger partial charge in [-0.25, -0.2) is 5.43 Å². The summed E-state index contributed by atoms with van der Waals surface area (Å²) in [5, 5.41) is 6.83. The van der Waals surface area contributed by atoms with Gasteiger partial charge in [0.05, 0.1) is 24.9 Å². The van der Waals surface area contributed by atoms with Crippen LogP contribution in [0.1, 0.15) is 25.0 Å². The average molecular weight is 568 g/mol. The second-order valence-electron chi connectivity index (χ2n) is 8.48. The lowest BCUT2D eigenvalue weighted by Gasteiger charge is -2.18. The molecule has 0 aliphatic rings. The summed E-state index contributed by atoms with van der Waals surface area (Å²) in [6, 6.07) is 20.2. The van der Waals surface area contributed by atoms with Gasteiger partial charge in [0.2, 0.25) is 5.91 Å². The van der Waals surface area contributed by atoms with Gasteiger partial charge in [-0.05, 0) is 69.4 Å². The summed E-state index contributed by atoms with van der Waals surface area (Å²) in [6.07, 6.45) is 1.48. The highest BCUT2D eigenvalue weighted by Crippen LogP contribution is 2.36. The van der Waals surface area contributed by atoms with Gasteiger partial charge in [-0.15, -0.1) is 0 Å². The number of halogens is 1. The molecule has 8 nitrogen and oxygen atoms in total. The van der Waals surface area contributed by atoms with Crippen molar-refractivity contribution in [2.75, 3.05) is 19.5 Å². The second-order valence-corrected chi connectivity index (χ2v) is 9.34. The lowest BCUT2D eigenvalue weighted by Crippen LogP contribution is -2.39. The molecular formula is C28H30BrN3O5. The Morgan fingerprint density at radius 2 is 1.68 bits per heavy atom. The van der Waals surface area contributed by atoms with Gasteiger partial charge in [0, 0.05) is 5.69 Å². The zero-order valence-electron chi connectivity index (χ0n) is 21.2. The number of nitrogens with zero attached hydrogens (tertiary/aromatic N) is 1. The second kappa shape index (κ2) is 13.5. The number of hydrazone groups is 1. The normalized spacial score (nSPS) is 11.7. The zero-order valence-corrected chi connectivity index (χ0v) is 22.7. The first kappa shape index (κ1) is 27.7. The number of benzene rings is 3. The van der Waals surface area contributed by atoms with Crippen molar-refractivity contribution in [3.8, 4) is 17.2 Å². The maximum absolute atomic E-state index is 12.8. The van der Waals surface area contributed by atoms with Gasteiger partial charge in [-0.3, -0.25) is 9.59 Å². The molecule has 0 saturated heterocycles. The molecule has 0 radical (unpaired) electrons. The third-order valence-corrected chi connectivity index (χ3v) is 6.04. The fraction of sp³-hybridized carbons (Fsp3) is 0.250. The Morgan fingerprint density at radius 1 is 0.973 bits per heavy atom. The number of methoxy groups -OCH3 is 2. The first-order chi connectivity index (χ1) is 17.8. The van der Waals surface area contributed by atoms with Crippen LogP contribution in [-0.4, -0.2) is 32.2 Å². The van der Waals surface area contributed by atoms with E-state index in [-0.39, 0.29) is 5.92 Å². The van der Waals surface area contributed by atoms with Crippen LogP contribution in [-0.2, 0) is 16.2 Å². The highest BCUT2D eigenvalue weighted by atomic mass is 79.9. The maximum atomic E-state index is 12.8. The minimum atomic E-state index is -0.936. The van der Waals surface area contributed by atoms with Crippen LogP contribution in [0.4, 0.5) is 5.69 Å². The van der Waals surface area contributed by atoms with Gasteiger partial charge in [0.15, 0.2) is 11.5 Å². The summed E-state index contributed by atoms with van der Waals surface area (Å²) in [4.78, 5) is 25.6. The van der Waals surface area contributed by atoms with Gasteiger partial charge in [0.25, 0.3) is 5.91 Å². The van der Waals surface area contributed by atoms with E-state index < -0.39 is 17.7 Å². The van der Waals surface area contributed by atoms with E-state index in [9.17, 15) is 9.59 Å². The summed E-state index contributed by atoms with van der Waals surface area (Å²) < 4.78 is 17.2. The smallest absolute Gasteiger partial charge is 0.252 e. The molecule has 194 valence electrons. The van der Waals surface area contributed by atoms with Crippen LogP contribution in [0.3, 0.4) is 0 Å². The molecule has 3 rings (SSSR count). The third-order valence-electron chi connectivity index (χ3n) is 5.46. The number of carbonyl (C=O) groups excluding carboxylic acids is 2. The van der Waals surface area contributed by atoms with Crippen LogP contribution in [0.5, 0.6) is 17.2 Å². The van der Waals surface area contributed by atoms with E-state index in [0.717, 1.165) is 5.56 Å². The van der Waals surface area contributed by atoms with Gasteiger partial charge < -0.3 is 19.5 Å². The topological polar surface area (TPSA) is 98.2 Å². The largest absolute Gasteiger partial charge is 0.497 e. The number of hydrogen-bond acceptors (Lipinski definition) is 6. The van der Waals surface area contributed by atoms with Gasteiger partial charge in [-0.2, -0.15) is 5.10 Å². The van der Waals surface area contributed by atoms with Crippen LogP contribution in [0.15, 0.2) is 76.3 Å². The summed E-state index contributed by atoms with van der Waals surface area (Å²) in [5.74, 6) is -0.370. The monoisotopic (exact) mass is 567 g/mol. The van der Waals surface area contributed by atoms with Crippen LogP contribution < -0.4 is 25.0 Å². The van der Waals surface area contributed by atoms with Crippen molar-refractivity contribution in [2.45, 2.75) is 20.5 Å². The van der Waals surface area contributed by atoms with E-state index in [1.165, 1.54) is 6.21 Å². The molecule has 2 N–H and O–H groups in total. The first-order valence-corrected chi connectivity index (χ1v) is 12.4. The summed E-state index contributed by atoms with van der Waals surface area (Å²) in [5.41, 5.74) is 4.74. The first-order valence-electron chi connectivity index (χ1n) is 11.6. The number of ether oxygens (including phenoxy) is 3. The van der Waals surface area contributed by atoms with E-state index >= 15 is 0 Å². The van der Waals surface area contributed by atoms with E-state index in [2.05, 4.69) is 31.8 Å². The molecule has 37 heavy (non-hydrogen) atoms. The summed E-state index contributed by atoms with van der Waals surface area (Å²) >= 11 is 3.52. The lowest BCUT2D eigenvalue weighted by molar-refractivity contribution is -0.134. The zero-order chi connectivity index (χ0) is 26.8. The quantitative estimate of drug-likeness (QED) is 0.183. The Kier molecular flexibility index (Phi) is 10.1. The Balaban J connectivity index is 1.65. The molecule has 0 spiro atoms. The number of anilines is 1. The molecule has 0 bridgehead atoms. The van der Waals surface area contributed by atoms with Crippen molar-refractivity contribution in [3.05, 3.63) is 82.3 Å². The highest BCUT2D eigenvalue weighted by molar-refractivity contribution is 9.10. The predicted octanol–water partition coefficient (Wildman–Crippen LogP) is 5.41. The van der Waals surface area contributed by atoms with E-state index in [1.807, 2.05) is 30.3 Å².